The second-order valence-corrected chi connectivity index (χ2v) is 1.38. The minimum Gasteiger partial charge on any atom is -0.512 e. The van der Waals surface area contributed by atoms with Crippen LogP contribution >= 0.6 is 0 Å². The minimum atomic E-state index is 0.398. The summed E-state index contributed by atoms with van der Waals surface area (Å²) in [5.41, 5.74) is 0. The van der Waals surface area contributed by atoms with Crippen molar-refractivity contribution < 1.29 is 5.11 Å². The van der Waals surface area contributed by atoms with Gasteiger partial charge in [-0.3, -0.25) is 0 Å². The first-order chi connectivity index (χ1) is 2.30. The maximum absolute atomic E-state index is 8.30. The van der Waals surface area contributed by atoms with Crippen molar-refractivity contribution in [2.75, 3.05) is 0 Å². The largest absolute Gasteiger partial charge is 0.512 e. The monoisotopic (exact) mass is 70.0 g/mol. The van der Waals surface area contributed by atoms with Crippen molar-refractivity contribution in [3.8, 4) is 0 Å². The Labute approximate surface area is 30.9 Å². The third kappa shape index (κ3) is 0.274. The van der Waals surface area contributed by atoms with Crippen molar-refractivity contribution in [1.82, 2.24) is 0 Å². The van der Waals surface area contributed by atoms with Gasteiger partial charge >= 0.3 is 0 Å². The molecule has 0 heterocycles. The van der Waals surface area contributed by atoms with Crippen molar-refractivity contribution in [1.29, 1.82) is 0 Å². The van der Waals surface area contributed by atoms with E-state index in [0.717, 1.165) is 0 Å². The predicted octanol–water partition coefficient (Wildman–Crippen LogP) is 1.08. The van der Waals surface area contributed by atoms with E-state index in [4.69, 9.17) is 5.11 Å². The maximum Gasteiger partial charge on any atom is 0.0957 e. The molecule has 0 saturated carbocycles. The van der Waals surface area contributed by atoms with E-state index in [-0.39, 0.29) is 0 Å². The van der Waals surface area contributed by atoms with E-state index in [9.17, 15) is 0 Å². The average molecular weight is 70.1 g/mol. The average Bonchev–Trinajstić information content (AvgIpc) is 1.79. The van der Waals surface area contributed by atoms with Gasteiger partial charge in [-0.05, 0) is 6.08 Å². The van der Waals surface area contributed by atoms with Crippen molar-refractivity contribution in [2.24, 2.45) is 5.92 Å². The second kappa shape index (κ2) is 0.534. The van der Waals surface area contributed by atoms with Gasteiger partial charge in [-0.15, -0.1) is 0 Å². The Morgan fingerprint density at radius 1 is 2.00 bits per heavy atom. The van der Waals surface area contributed by atoms with Crippen LogP contribution in [0.5, 0.6) is 0 Å². The molecule has 0 amide bonds. The fraction of sp³-hybridized carbons (Fsp3) is 0.500. The molecule has 0 saturated heterocycles. The Balaban J connectivity index is 2.38. The summed E-state index contributed by atoms with van der Waals surface area (Å²) >= 11 is 0. The third-order valence-electron chi connectivity index (χ3n) is 0.778. The molecule has 0 bridgehead atoms. The lowest BCUT2D eigenvalue weighted by atomic mass is 10.4. The van der Waals surface area contributed by atoms with Crippen molar-refractivity contribution in [3.63, 3.8) is 0 Å². The van der Waals surface area contributed by atoms with Crippen LogP contribution in [0.4, 0.5) is 0 Å². The van der Waals surface area contributed by atoms with Crippen LogP contribution in [0.1, 0.15) is 6.92 Å². The van der Waals surface area contributed by atoms with E-state index in [2.05, 4.69) is 0 Å². The van der Waals surface area contributed by atoms with Gasteiger partial charge in [-0.25, -0.2) is 0 Å². The molecule has 1 atom stereocenters. The molecule has 0 aliphatic heterocycles. The van der Waals surface area contributed by atoms with E-state index in [1.165, 1.54) is 0 Å². The number of hydrogen-bond acceptors (Lipinski definition) is 1. The zero-order valence-electron chi connectivity index (χ0n) is 3.10. The lowest BCUT2D eigenvalue weighted by molar-refractivity contribution is 0.415. The summed E-state index contributed by atoms with van der Waals surface area (Å²) in [5, 5.41) is 8.30. The second-order valence-electron chi connectivity index (χ2n) is 1.38. The standard InChI is InChI=1S/C4H6O/c1-3-2-4(3)5/h2-3,5H,1H3. The van der Waals surface area contributed by atoms with Crippen LogP contribution in [-0.2, 0) is 0 Å². The van der Waals surface area contributed by atoms with E-state index >= 15 is 0 Å². The van der Waals surface area contributed by atoms with Gasteiger partial charge in [0.2, 0.25) is 0 Å². The van der Waals surface area contributed by atoms with Crippen LogP contribution in [-0.4, -0.2) is 5.11 Å². The SMILES string of the molecule is CC1C=C1O. The lowest BCUT2D eigenvalue weighted by Crippen LogP contribution is -1.62. The Morgan fingerprint density at radius 3 is 2.20 bits per heavy atom. The molecule has 1 aliphatic rings. The zero-order chi connectivity index (χ0) is 3.86. The summed E-state index contributed by atoms with van der Waals surface area (Å²) < 4.78 is 0. The summed E-state index contributed by atoms with van der Waals surface area (Å²) in [6.45, 7) is 1.95. The number of aliphatic hydroxyl groups is 1. The van der Waals surface area contributed by atoms with E-state index in [0.29, 0.717) is 11.7 Å². The third-order valence-corrected chi connectivity index (χ3v) is 0.778. The van der Waals surface area contributed by atoms with Crippen molar-refractivity contribution in [3.05, 3.63) is 11.8 Å². The van der Waals surface area contributed by atoms with Crippen LogP contribution < -0.4 is 0 Å². The van der Waals surface area contributed by atoms with E-state index in [1.807, 2.05) is 6.92 Å². The number of aliphatic hydroxyl groups excluding tert-OH is 1. The highest BCUT2D eigenvalue weighted by molar-refractivity contribution is 5.18. The normalized spacial score (nSPS) is 33.0. The summed E-state index contributed by atoms with van der Waals surface area (Å²) in [7, 11) is 0. The molecule has 1 aliphatic carbocycles. The summed E-state index contributed by atoms with van der Waals surface area (Å²) in [4.78, 5) is 0. The Bertz CT molecular complexity index is 73.7. The van der Waals surface area contributed by atoms with Crippen LogP contribution in [0.3, 0.4) is 0 Å². The zero-order valence-corrected chi connectivity index (χ0v) is 3.10. The molecular weight excluding hydrogens is 64.0 g/mol. The Hall–Kier alpha value is -0.460. The van der Waals surface area contributed by atoms with Crippen molar-refractivity contribution in [2.45, 2.75) is 6.92 Å². The minimum absolute atomic E-state index is 0.398. The van der Waals surface area contributed by atoms with Crippen LogP contribution in [0.25, 0.3) is 0 Å². The molecule has 1 unspecified atom stereocenters. The van der Waals surface area contributed by atoms with Crippen LogP contribution in [0, 0.1) is 5.92 Å². The molecule has 0 fully saturated rings. The molecule has 0 aromatic rings. The van der Waals surface area contributed by atoms with E-state index < -0.39 is 0 Å². The van der Waals surface area contributed by atoms with Gasteiger partial charge in [-0.1, -0.05) is 6.92 Å². The molecule has 1 nitrogen and oxygen atoms in total. The maximum atomic E-state index is 8.30. The van der Waals surface area contributed by atoms with Gasteiger partial charge in [0, 0.05) is 5.92 Å². The molecule has 1 N–H and O–H groups in total. The highest BCUT2D eigenvalue weighted by atomic mass is 16.3. The fourth-order valence-electron chi connectivity index (χ4n) is 0.208. The number of hydrogen-bond donors (Lipinski definition) is 1. The van der Waals surface area contributed by atoms with Gasteiger partial charge in [0.25, 0.3) is 0 Å². The molecule has 0 aromatic heterocycles. The molecule has 1 heteroatoms. The smallest absolute Gasteiger partial charge is 0.0957 e. The molecule has 0 radical (unpaired) electrons. The van der Waals surface area contributed by atoms with Gasteiger partial charge in [0.15, 0.2) is 0 Å². The molecule has 28 valence electrons. The summed E-state index contributed by atoms with van der Waals surface area (Å²) in [6, 6.07) is 0. The van der Waals surface area contributed by atoms with E-state index in [1.54, 1.807) is 6.08 Å². The first-order valence-corrected chi connectivity index (χ1v) is 1.71. The quantitative estimate of drug-likeness (QED) is 0.452. The lowest BCUT2D eigenvalue weighted by Gasteiger charge is -1.69. The van der Waals surface area contributed by atoms with Gasteiger partial charge in [0.1, 0.15) is 0 Å². The van der Waals surface area contributed by atoms with Crippen molar-refractivity contribution >= 4 is 0 Å². The first-order valence-electron chi connectivity index (χ1n) is 1.71. The predicted molar refractivity (Wildman–Crippen MR) is 19.9 cm³/mol. The van der Waals surface area contributed by atoms with Gasteiger partial charge in [-0.2, -0.15) is 0 Å². The Kier molecular flexibility index (Phi) is 0.295. The highest BCUT2D eigenvalue weighted by Crippen LogP contribution is 2.23. The molecular formula is C4H6O. The fourth-order valence-corrected chi connectivity index (χ4v) is 0.208. The number of allylic oxidation sites excluding steroid dienone is 2. The Morgan fingerprint density at radius 2 is 2.20 bits per heavy atom. The summed E-state index contributed by atoms with van der Waals surface area (Å²) in [5.74, 6) is 0.944. The molecule has 5 heavy (non-hydrogen) atoms. The highest BCUT2D eigenvalue weighted by Gasteiger charge is 2.15. The first kappa shape index (κ1) is 2.76. The van der Waals surface area contributed by atoms with Crippen LogP contribution in [0.15, 0.2) is 11.8 Å². The molecule has 1 rings (SSSR count). The molecule has 0 aromatic carbocycles. The van der Waals surface area contributed by atoms with Crippen LogP contribution in [0.2, 0.25) is 0 Å². The topological polar surface area (TPSA) is 20.2 Å². The number of rotatable bonds is 0. The summed E-state index contributed by atoms with van der Waals surface area (Å²) in [6.07, 6.45) is 1.81. The van der Waals surface area contributed by atoms with Gasteiger partial charge in [0.05, 0.1) is 5.76 Å². The molecule has 0 spiro atoms. The van der Waals surface area contributed by atoms with Gasteiger partial charge < -0.3 is 5.11 Å².